The Morgan fingerprint density at radius 2 is 2.18 bits per heavy atom. The molecule has 1 heterocycles. The van der Waals surface area contributed by atoms with Crippen LogP contribution in [0.25, 0.3) is 0 Å². The number of amides is 1. The maximum Gasteiger partial charge on any atom is 0.253 e. The van der Waals surface area contributed by atoms with Crippen molar-refractivity contribution in [3.05, 3.63) is 34.9 Å². The van der Waals surface area contributed by atoms with E-state index < -0.39 is 0 Å². The molecule has 1 aliphatic rings. The van der Waals surface area contributed by atoms with Crippen molar-refractivity contribution >= 4 is 5.91 Å². The van der Waals surface area contributed by atoms with E-state index in [0.717, 1.165) is 11.1 Å². The van der Waals surface area contributed by atoms with E-state index >= 15 is 0 Å². The van der Waals surface area contributed by atoms with Crippen LogP contribution in [0.4, 0.5) is 0 Å². The summed E-state index contributed by atoms with van der Waals surface area (Å²) in [6, 6.07) is 5.78. The summed E-state index contributed by atoms with van der Waals surface area (Å²) in [5.41, 5.74) is 8.53. The molecule has 1 aliphatic heterocycles. The lowest BCUT2D eigenvalue weighted by Gasteiger charge is -2.20. The molecule has 0 aliphatic carbocycles. The first-order valence-electron chi connectivity index (χ1n) is 5.95. The first kappa shape index (κ1) is 12.1. The summed E-state index contributed by atoms with van der Waals surface area (Å²) >= 11 is 0. The highest BCUT2D eigenvalue weighted by molar-refractivity contribution is 5.94. The van der Waals surface area contributed by atoms with E-state index in [2.05, 4.69) is 0 Å². The zero-order chi connectivity index (χ0) is 12.3. The molecule has 2 rings (SSSR count). The molecule has 2 N–H and O–H groups in total. The normalized spacial score (nSPS) is 13.5. The first-order chi connectivity index (χ1) is 8.26. The quantitative estimate of drug-likeness (QED) is 0.850. The monoisotopic (exact) mass is 234 g/mol. The second kappa shape index (κ2) is 5.29. The van der Waals surface area contributed by atoms with E-state index in [1.165, 1.54) is 5.56 Å². The van der Waals surface area contributed by atoms with Gasteiger partial charge in [-0.25, -0.2) is 0 Å². The molecule has 0 saturated carbocycles. The fraction of sp³-hybridized carbons (Fsp3) is 0.462. The molecule has 0 radical (unpaired) electrons. The first-order valence-corrected chi connectivity index (χ1v) is 5.95. The number of ether oxygens (including phenoxy) is 1. The number of fused-ring (bicyclic) bond motifs is 1. The topological polar surface area (TPSA) is 55.6 Å². The van der Waals surface area contributed by atoms with Gasteiger partial charge in [-0.3, -0.25) is 4.79 Å². The molecule has 0 unspecified atom stereocenters. The Labute approximate surface area is 101 Å². The van der Waals surface area contributed by atoms with Crippen molar-refractivity contribution in [1.29, 1.82) is 0 Å². The lowest BCUT2D eigenvalue weighted by Crippen LogP contribution is -2.35. The fourth-order valence-corrected chi connectivity index (χ4v) is 2.05. The summed E-state index contributed by atoms with van der Waals surface area (Å²) in [7, 11) is 0. The van der Waals surface area contributed by atoms with Gasteiger partial charge in [0.25, 0.3) is 5.91 Å². The Morgan fingerprint density at radius 3 is 2.88 bits per heavy atom. The molecule has 1 aromatic carbocycles. The van der Waals surface area contributed by atoms with Gasteiger partial charge in [-0.15, -0.1) is 0 Å². The maximum atomic E-state index is 12.2. The molecule has 1 aromatic rings. The second-order valence-electron chi connectivity index (χ2n) is 4.15. The van der Waals surface area contributed by atoms with Crippen LogP contribution in [-0.4, -0.2) is 30.4 Å². The van der Waals surface area contributed by atoms with E-state index in [1.807, 2.05) is 25.1 Å². The number of carbonyl (C=O) groups is 1. The smallest absolute Gasteiger partial charge is 0.253 e. The molecule has 17 heavy (non-hydrogen) atoms. The summed E-state index contributed by atoms with van der Waals surface area (Å²) < 4.78 is 5.34. The molecule has 4 heteroatoms. The van der Waals surface area contributed by atoms with Gasteiger partial charge in [-0.2, -0.15) is 0 Å². The van der Waals surface area contributed by atoms with E-state index in [9.17, 15) is 4.79 Å². The van der Waals surface area contributed by atoms with Crippen molar-refractivity contribution in [2.24, 2.45) is 5.73 Å². The average molecular weight is 234 g/mol. The van der Waals surface area contributed by atoms with Gasteiger partial charge in [0.15, 0.2) is 0 Å². The highest BCUT2D eigenvalue weighted by atomic mass is 16.5. The SMILES string of the molecule is CCN(CCN)C(=O)c1ccc2c(c1)COC2. The zero-order valence-corrected chi connectivity index (χ0v) is 10.1. The molecule has 0 atom stereocenters. The lowest BCUT2D eigenvalue weighted by atomic mass is 10.1. The van der Waals surface area contributed by atoms with Crippen molar-refractivity contribution in [2.45, 2.75) is 20.1 Å². The van der Waals surface area contributed by atoms with Crippen LogP contribution in [-0.2, 0) is 18.0 Å². The van der Waals surface area contributed by atoms with Crippen LogP contribution in [0.3, 0.4) is 0 Å². The van der Waals surface area contributed by atoms with Crippen LogP contribution < -0.4 is 5.73 Å². The van der Waals surface area contributed by atoms with Crippen LogP contribution in [0.15, 0.2) is 18.2 Å². The van der Waals surface area contributed by atoms with Gasteiger partial charge >= 0.3 is 0 Å². The number of rotatable bonds is 4. The molecular weight excluding hydrogens is 216 g/mol. The molecule has 0 bridgehead atoms. The van der Waals surface area contributed by atoms with E-state index in [-0.39, 0.29) is 5.91 Å². The van der Waals surface area contributed by atoms with E-state index in [1.54, 1.807) is 4.90 Å². The molecule has 92 valence electrons. The molecule has 0 spiro atoms. The minimum atomic E-state index is 0.0488. The van der Waals surface area contributed by atoms with Gasteiger partial charge < -0.3 is 15.4 Å². The van der Waals surface area contributed by atoms with Crippen molar-refractivity contribution < 1.29 is 9.53 Å². The van der Waals surface area contributed by atoms with E-state index in [4.69, 9.17) is 10.5 Å². The maximum absolute atomic E-state index is 12.2. The minimum absolute atomic E-state index is 0.0488. The third-order valence-electron chi connectivity index (χ3n) is 3.04. The van der Waals surface area contributed by atoms with Crippen LogP contribution >= 0.6 is 0 Å². The number of nitrogens with two attached hydrogens (primary N) is 1. The molecule has 0 saturated heterocycles. The lowest BCUT2D eigenvalue weighted by molar-refractivity contribution is 0.0769. The number of carbonyl (C=O) groups excluding carboxylic acids is 1. The third kappa shape index (κ3) is 2.48. The average Bonchev–Trinajstić information content (AvgIpc) is 2.82. The van der Waals surface area contributed by atoms with Gasteiger partial charge in [0.2, 0.25) is 0 Å². The van der Waals surface area contributed by atoms with Crippen molar-refractivity contribution in [3.63, 3.8) is 0 Å². The Bertz CT molecular complexity index is 418. The standard InChI is InChI=1S/C13H18N2O2/c1-2-15(6-5-14)13(16)10-3-4-11-8-17-9-12(11)7-10/h3-4,7H,2,5-6,8-9,14H2,1H3. The summed E-state index contributed by atoms with van der Waals surface area (Å²) in [4.78, 5) is 14.0. The molecule has 0 aromatic heterocycles. The Hall–Kier alpha value is -1.39. The number of hydrogen-bond donors (Lipinski definition) is 1. The van der Waals surface area contributed by atoms with Gasteiger partial charge in [0, 0.05) is 25.2 Å². The molecule has 1 amide bonds. The summed E-state index contributed by atoms with van der Waals surface area (Å²) in [6.07, 6.45) is 0. The predicted octanol–water partition coefficient (Wildman–Crippen LogP) is 1.14. The molecular formula is C13H18N2O2. The second-order valence-corrected chi connectivity index (χ2v) is 4.15. The van der Waals surface area contributed by atoms with E-state index in [0.29, 0.717) is 32.8 Å². The highest BCUT2D eigenvalue weighted by Crippen LogP contribution is 2.21. The number of likely N-dealkylation sites (N-methyl/N-ethyl adjacent to an activating group) is 1. The minimum Gasteiger partial charge on any atom is -0.372 e. The number of benzene rings is 1. The summed E-state index contributed by atoms with van der Waals surface area (Å²) in [6.45, 7) is 5.01. The largest absolute Gasteiger partial charge is 0.372 e. The Kier molecular flexibility index (Phi) is 3.76. The van der Waals surface area contributed by atoms with Crippen molar-refractivity contribution in [3.8, 4) is 0 Å². The van der Waals surface area contributed by atoms with Gasteiger partial charge in [0.1, 0.15) is 0 Å². The van der Waals surface area contributed by atoms with Gasteiger partial charge in [-0.05, 0) is 30.2 Å². The van der Waals surface area contributed by atoms with Crippen molar-refractivity contribution in [1.82, 2.24) is 4.90 Å². The number of nitrogens with zero attached hydrogens (tertiary/aromatic N) is 1. The van der Waals surface area contributed by atoms with Crippen LogP contribution in [0.5, 0.6) is 0 Å². The van der Waals surface area contributed by atoms with Gasteiger partial charge in [0.05, 0.1) is 13.2 Å². The number of hydrogen-bond acceptors (Lipinski definition) is 3. The van der Waals surface area contributed by atoms with Crippen molar-refractivity contribution in [2.75, 3.05) is 19.6 Å². The predicted molar refractivity (Wildman–Crippen MR) is 65.6 cm³/mol. The van der Waals surface area contributed by atoms with Crippen LogP contribution in [0.2, 0.25) is 0 Å². The molecule has 0 fully saturated rings. The molecule has 4 nitrogen and oxygen atoms in total. The van der Waals surface area contributed by atoms with Crippen LogP contribution in [0.1, 0.15) is 28.4 Å². The summed E-state index contributed by atoms with van der Waals surface area (Å²) in [5, 5.41) is 0. The highest BCUT2D eigenvalue weighted by Gasteiger charge is 2.17. The fourth-order valence-electron chi connectivity index (χ4n) is 2.05. The summed E-state index contributed by atoms with van der Waals surface area (Å²) in [5.74, 6) is 0.0488. The Balaban J connectivity index is 2.19. The zero-order valence-electron chi connectivity index (χ0n) is 10.1. The van der Waals surface area contributed by atoms with Gasteiger partial charge in [-0.1, -0.05) is 6.07 Å². The Morgan fingerprint density at radius 1 is 1.41 bits per heavy atom. The van der Waals surface area contributed by atoms with Crippen LogP contribution in [0, 0.1) is 0 Å². The third-order valence-corrected chi connectivity index (χ3v) is 3.04.